The first-order chi connectivity index (χ1) is 10.0. The highest BCUT2D eigenvalue weighted by atomic mass is 35.5. The van der Waals surface area contributed by atoms with Crippen LogP contribution >= 0.6 is 11.6 Å². The highest BCUT2D eigenvalue weighted by Crippen LogP contribution is 2.23. The zero-order valence-electron chi connectivity index (χ0n) is 11.2. The lowest BCUT2D eigenvalue weighted by Gasteiger charge is -2.07. The van der Waals surface area contributed by atoms with E-state index in [2.05, 4.69) is 15.5 Å². The first-order valence-corrected chi connectivity index (χ1v) is 6.40. The van der Waals surface area contributed by atoms with Crippen LogP contribution < -0.4 is 11.1 Å². The summed E-state index contributed by atoms with van der Waals surface area (Å²) >= 11 is 6.05. The van der Waals surface area contributed by atoms with Gasteiger partial charge in [0.25, 0.3) is 5.91 Å². The van der Waals surface area contributed by atoms with Gasteiger partial charge < -0.3 is 16.3 Å². The predicted molar refractivity (Wildman–Crippen MR) is 80.9 cm³/mol. The smallest absolute Gasteiger partial charge is 0.274 e. The van der Waals surface area contributed by atoms with E-state index in [4.69, 9.17) is 22.5 Å². The molecule has 7 heteroatoms. The Kier molecular flexibility index (Phi) is 4.39. The van der Waals surface area contributed by atoms with Crippen LogP contribution in [-0.2, 0) is 0 Å². The SMILES string of the molecule is Cc1ccc(NC(=O)c2ccc(C(N)=NO)cn2)c(Cl)c1. The summed E-state index contributed by atoms with van der Waals surface area (Å²) in [6.45, 7) is 1.91. The number of oxime groups is 1. The van der Waals surface area contributed by atoms with Gasteiger partial charge in [-0.15, -0.1) is 0 Å². The van der Waals surface area contributed by atoms with Crippen LogP contribution in [0, 0.1) is 6.92 Å². The van der Waals surface area contributed by atoms with E-state index in [1.54, 1.807) is 12.1 Å². The van der Waals surface area contributed by atoms with Crippen molar-refractivity contribution in [2.45, 2.75) is 6.92 Å². The summed E-state index contributed by atoms with van der Waals surface area (Å²) in [5, 5.41) is 14.5. The molecule has 1 heterocycles. The van der Waals surface area contributed by atoms with Gasteiger partial charge in [-0.3, -0.25) is 9.78 Å². The summed E-state index contributed by atoms with van der Waals surface area (Å²) in [7, 11) is 0. The average Bonchev–Trinajstić information content (AvgIpc) is 2.49. The third-order valence-corrected chi connectivity index (χ3v) is 3.09. The zero-order chi connectivity index (χ0) is 15.4. The minimum atomic E-state index is -0.396. The molecule has 0 aliphatic heterocycles. The molecule has 1 amide bonds. The molecule has 0 unspecified atom stereocenters. The van der Waals surface area contributed by atoms with Crippen molar-refractivity contribution in [3.05, 3.63) is 58.4 Å². The Hall–Kier alpha value is -2.60. The summed E-state index contributed by atoms with van der Waals surface area (Å²) in [6, 6.07) is 8.33. The van der Waals surface area contributed by atoms with E-state index >= 15 is 0 Å². The fourth-order valence-corrected chi connectivity index (χ4v) is 1.93. The topological polar surface area (TPSA) is 101 Å². The summed E-state index contributed by atoms with van der Waals surface area (Å²) < 4.78 is 0. The van der Waals surface area contributed by atoms with Crippen molar-refractivity contribution >= 4 is 29.0 Å². The zero-order valence-corrected chi connectivity index (χ0v) is 11.9. The first-order valence-electron chi connectivity index (χ1n) is 6.02. The van der Waals surface area contributed by atoms with E-state index in [1.807, 2.05) is 13.0 Å². The first kappa shape index (κ1) is 14.8. The maximum Gasteiger partial charge on any atom is 0.274 e. The Morgan fingerprint density at radius 2 is 2.14 bits per heavy atom. The molecule has 6 nitrogen and oxygen atoms in total. The molecule has 0 bridgehead atoms. The number of nitrogens with zero attached hydrogens (tertiary/aromatic N) is 2. The lowest BCUT2D eigenvalue weighted by atomic mass is 10.2. The molecule has 2 rings (SSSR count). The number of hydrogen-bond donors (Lipinski definition) is 3. The lowest BCUT2D eigenvalue weighted by molar-refractivity contribution is 0.102. The molecular formula is C14H13ClN4O2. The second-order valence-corrected chi connectivity index (χ2v) is 4.76. The Morgan fingerprint density at radius 1 is 1.38 bits per heavy atom. The standard InChI is InChI=1S/C14H13ClN4O2/c1-8-2-4-11(10(15)6-8)18-14(20)12-5-3-9(7-17-12)13(16)19-21/h2-7,21H,1H3,(H2,16,19)(H,18,20). The Balaban J connectivity index is 2.17. The van der Waals surface area contributed by atoms with Crippen molar-refractivity contribution in [3.8, 4) is 0 Å². The number of anilines is 1. The fraction of sp³-hybridized carbons (Fsp3) is 0.0714. The molecule has 1 aromatic carbocycles. The molecule has 0 fully saturated rings. The third kappa shape index (κ3) is 3.49. The molecule has 0 aliphatic rings. The van der Waals surface area contributed by atoms with E-state index in [-0.39, 0.29) is 11.5 Å². The largest absolute Gasteiger partial charge is 0.409 e. The van der Waals surface area contributed by atoms with E-state index in [0.717, 1.165) is 5.56 Å². The monoisotopic (exact) mass is 304 g/mol. The van der Waals surface area contributed by atoms with Crippen LogP contribution in [0.25, 0.3) is 0 Å². The van der Waals surface area contributed by atoms with Gasteiger partial charge in [-0.1, -0.05) is 22.8 Å². The van der Waals surface area contributed by atoms with Gasteiger partial charge in [-0.25, -0.2) is 0 Å². The molecule has 4 N–H and O–H groups in total. The number of nitrogens with one attached hydrogen (secondary N) is 1. The van der Waals surface area contributed by atoms with Crippen molar-refractivity contribution in [1.29, 1.82) is 0 Å². The van der Waals surface area contributed by atoms with Gasteiger partial charge in [0.2, 0.25) is 0 Å². The van der Waals surface area contributed by atoms with Crippen LogP contribution in [0.1, 0.15) is 21.6 Å². The van der Waals surface area contributed by atoms with Crippen molar-refractivity contribution < 1.29 is 10.0 Å². The van der Waals surface area contributed by atoms with Crippen LogP contribution in [0.3, 0.4) is 0 Å². The van der Waals surface area contributed by atoms with Gasteiger partial charge in [0, 0.05) is 11.8 Å². The molecule has 21 heavy (non-hydrogen) atoms. The number of amides is 1. The van der Waals surface area contributed by atoms with Crippen molar-refractivity contribution in [2.24, 2.45) is 10.9 Å². The number of amidine groups is 1. The van der Waals surface area contributed by atoms with Gasteiger partial charge >= 0.3 is 0 Å². The molecule has 0 saturated carbocycles. The van der Waals surface area contributed by atoms with E-state index in [0.29, 0.717) is 16.3 Å². The summed E-state index contributed by atoms with van der Waals surface area (Å²) in [5.74, 6) is -0.470. The number of nitrogens with two attached hydrogens (primary N) is 1. The number of hydrogen-bond acceptors (Lipinski definition) is 4. The second kappa shape index (κ2) is 6.23. The maximum atomic E-state index is 12.1. The molecule has 108 valence electrons. The highest BCUT2D eigenvalue weighted by Gasteiger charge is 2.10. The average molecular weight is 305 g/mol. The van der Waals surface area contributed by atoms with Gasteiger partial charge in [0.1, 0.15) is 5.69 Å². The van der Waals surface area contributed by atoms with Crippen LogP contribution in [0.4, 0.5) is 5.69 Å². The van der Waals surface area contributed by atoms with Crippen molar-refractivity contribution in [3.63, 3.8) is 0 Å². The number of aromatic nitrogens is 1. The molecule has 0 radical (unpaired) electrons. The highest BCUT2D eigenvalue weighted by molar-refractivity contribution is 6.34. The maximum absolute atomic E-state index is 12.1. The molecule has 0 saturated heterocycles. The molecule has 0 spiro atoms. The fourth-order valence-electron chi connectivity index (χ4n) is 1.65. The minimum Gasteiger partial charge on any atom is -0.409 e. The van der Waals surface area contributed by atoms with Crippen LogP contribution in [0.15, 0.2) is 41.7 Å². The number of rotatable bonds is 3. The van der Waals surface area contributed by atoms with Gasteiger partial charge in [0.15, 0.2) is 5.84 Å². The Labute approximate surface area is 126 Å². The molecule has 0 atom stereocenters. The molecule has 0 aliphatic carbocycles. The number of benzene rings is 1. The number of carbonyl (C=O) groups excluding carboxylic acids is 1. The van der Waals surface area contributed by atoms with Crippen LogP contribution in [0.5, 0.6) is 0 Å². The predicted octanol–water partition coefficient (Wildman–Crippen LogP) is 2.39. The number of halogens is 1. The third-order valence-electron chi connectivity index (χ3n) is 2.77. The van der Waals surface area contributed by atoms with Gasteiger partial charge in [-0.2, -0.15) is 0 Å². The van der Waals surface area contributed by atoms with Gasteiger partial charge in [0.05, 0.1) is 10.7 Å². The van der Waals surface area contributed by atoms with E-state index in [1.165, 1.54) is 18.3 Å². The number of carbonyl (C=O) groups is 1. The molecule has 2 aromatic rings. The van der Waals surface area contributed by atoms with Gasteiger partial charge in [-0.05, 0) is 36.8 Å². The Morgan fingerprint density at radius 3 is 2.71 bits per heavy atom. The van der Waals surface area contributed by atoms with Crippen LogP contribution in [0.2, 0.25) is 5.02 Å². The van der Waals surface area contributed by atoms with Crippen LogP contribution in [-0.4, -0.2) is 21.9 Å². The molecule has 1 aromatic heterocycles. The van der Waals surface area contributed by atoms with E-state index in [9.17, 15) is 4.79 Å². The quantitative estimate of drug-likeness (QED) is 0.351. The summed E-state index contributed by atoms with van der Waals surface area (Å²) in [6.07, 6.45) is 1.35. The summed E-state index contributed by atoms with van der Waals surface area (Å²) in [5.41, 5.74) is 7.54. The summed E-state index contributed by atoms with van der Waals surface area (Å²) in [4.78, 5) is 16.0. The minimum absolute atomic E-state index is 0.0731. The van der Waals surface area contributed by atoms with Crippen molar-refractivity contribution in [1.82, 2.24) is 4.98 Å². The normalized spacial score (nSPS) is 11.2. The van der Waals surface area contributed by atoms with E-state index < -0.39 is 5.91 Å². The Bertz CT molecular complexity index is 699. The lowest BCUT2D eigenvalue weighted by Crippen LogP contribution is -2.16. The van der Waals surface area contributed by atoms with Crippen molar-refractivity contribution in [2.75, 3.05) is 5.32 Å². The number of pyridine rings is 1. The second-order valence-electron chi connectivity index (χ2n) is 4.35. The number of aryl methyl sites for hydroxylation is 1. The molecular weight excluding hydrogens is 292 g/mol.